The number of nitrogens with one attached hydrogen (secondary N) is 3. The number of H-pyrrole nitrogens is 1. The number of β-amino-alcohol motifs (C(OH)–C–C–N with tert-alkyl or cyclic N) is 1. The topological polar surface area (TPSA) is 200 Å². The van der Waals surface area contributed by atoms with Gasteiger partial charge in [-0.05, 0) is 62.2 Å². The molecule has 0 aliphatic heterocycles. The summed E-state index contributed by atoms with van der Waals surface area (Å²) < 4.78 is 65.7. The van der Waals surface area contributed by atoms with Crippen LogP contribution in [-0.2, 0) is 21.4 Å². The molecule has 3 aromatic carbocycles. The molecular formula is C29H31F3N4O9S. The fourth-order valence-electron chi connectivity index (χ4n) is 4.12. The van der Waals surface area contributed by atoms with Gasteiger partial charge in [0.2, 0.25) is 0 Å². The Labute approximate surface area is 260 Å². The first-order chi connectivity index (χ1) is 21.4. The highest BCUT2D eigenvalue weighted by atomic mass is 32.2. The van der Waals surface area contributed by atoms with Crippen molar-refractivity contribution < 1.29 is 51.2 Å². The first-order valence-corrected chi connectivity index (χ1v) is 14.9. The molecular weight excluding hydrogens is 637 g/mol. The summed E-state index contributed by atoms with van der Waals surface area (Å²) in [6, 6.07) is 19.2. The third kappa shape index (κ3) is 10.1. The molecule has 1 heterocycles. The Kier molecular flexibility index (Phi) is 11.2. The number of carboxylic acids is 1. The van der Waals surface area contributed by atoms with E-state index < -0.39 is 40.0 Å². The minimum atomic E-state index is -5.08. The van der Waals surface area contributed by atoms with Gasteiger partial charge in [-0.2, -0.15) is 13.2 Å². The molecule has 1 aromatic heterocycles. The Morgan fingerprint density at radius 3 is 2.26 bits per heavy atom. The minimum absolute atomic E-state index is 0.108. The van der Waals surface area contributed by atoms with Crippen LogP contribution in [0.25, 0.3) is 11.0 Å². The van der Waals surface area contributed by atoms with Crippen molar-refractivity contribution in [2.45, 2.75) is 49.5 Å². The van der Waals surface area contributed by atoms with Gasteiger partial charge in [0.25, 0.3) is 10.0 Å². The number of imidazole rings is 1. The zero-order valence-electron chi connectivity index (χ0n) is 24.4. The number of fused-ring (bicyclic) bond motifs is 1. The summed E-state index contributed by atoms with van der Waals surface area (Å²) in [4.78, 5) is 35.0. The van der Waals surface area contributed by atoms with Crippen LogP contribution in [0.3, 0.4) is 0 Å². The number of hydrogen-bond acceptors (Lipinski definition) is 8. The van der Waals surface area contributed by atoms with E-state index in [0.29, 0.717) is 35.2 Å². The number of sulfonamides is 1. The molecule has 0 fully saturated rings. The quantitative estimate of drug-likeness (QED) is 0.0988. The number of aromatic nitrogens is 2. The molecule has 248 valence electrons. The summed E-state index contributed by atoms with van der Waals surface area (Å²) in [6.45, 7) is 4.46. The number of nitrogens with zero attached hydrogens (tertiary/aromatic N) is 1. The van der Waals surface area contributed by atoms with Crippen LogP contribution >= 0.6 is 0 Å². The number of aryl methyl sites for hydroxylation is 1. The summed E-state index contributed by atoms with van der Waals surface area (Å²) in [5.74, 6) is -2.65. The summed E-state index contributed by atoms with van der Waals surface area (Å²) in [7, 11) is -3.76. The van der Waals surface area contributed by atoms with Gasteiger partial charge in [0.05, 0.1) is 22.0 Å². The molecule has 0 bridgehead atoms. The lowest BCUT2D eigenvalue weighted by molar-refractivity contribution is -0.192. The molecule has 0 amide bonds. The zero-order valence-corrected chi connectivity index (χ0v) is 25.2. The monoisotopic (exact) mass is 668 g/mol. The van der Waals surface area contributed by atoms with Crippen LogP contribution in [-0.4, -0.2) is 63.7 Å². The predicted octanol–water partition coefficient (Wildman–Crippen LogP) is 4.31. The average molecular weight is 669 g/mol. The summed E-state index contributed by atoms with van der Waals surface area (Å²) in [5.41, 5.74) is 1.15. The number of hydrogen-bond donors (Lipinski definition) is 6. The van der Waals surface area contributed by atoms with E-state index in [4.69, 9.17) is 15.0 Å². The Balaban J connectivity index is 0.000000738. The van der Waals surface area contributed by atoms with E-state index in [-0.39, 0.29) is 22.9 Å². The molecule has 4 aromatic rings. The van der Waals surface area contributed by atoms with Crippen LogP contribution in [0.4, 0.5) is 23.7 Å². The largest absolute Gasteiger partial charge is 0.511 e. The lowest BCUT2D eigenvalue weighted by Crippen LogP contribution is -2.42. The van der Waals surface area contributed by atoms with Crippen molar-refractivity contribution in [3.05, 3.63) is 88.8 Å². The molecule has 0 saturated carbocycles. The van der Waals surface area contributed by atoms with Gasteiger partial charge in [-0.1, -0.05) is 30.3 Å². The van der Waals surface area contributed by atoms with E-state index in [2.05, 4.69) is 19.8 Å². The Bertz CT molecular complexity index is 1840. The third-order valence-electron chi connectivity index (χ3n) is 6.50. The number of aliphatic carboxylic acids is 1. The number of halogens is 3. The van der Waals surface area contributed by atoms with Gasteiger partial charge in [0, 0.05) is 30.4 Å². The average Bonchev–Trinajstić information content (AvgIpc) is 3.28. The standard InChI is InChI=1S/C27H30N4O7S.C2HF3O2/c1-27(2,13-14-31-23-12-11-20(38-26(34)35)16-22(23)29-25(31)33)28-17-24(32)18-7-6-8-19(15-18)30-39(36,37)21-9-4-3-5-10-21;3-2(4,5)1(6)7/h3-12,15-16,24,28,30,32H,13-14,17H2,1-2H3,(H,29,33)(H,34,35);(H,6,7). The van der Waals surface area contributed by atoms with Gasteiger partial charge in [-0.25, -0.2) is 22.8 Å². The van der Waals surface area contributed by atoms with Crippen molar-refractivity contribution >= 4 is 38.9 Å². The van der Waals surface area contributed by atoms with Crippen molar-refractivity contribution in [2.24, 2.45) is 0 Å². The number of anilines is 1. The number of alkyl halides is 3. The van der Waals surface area contributed by atoms with Crippen molar-refractivity contribution in [1.29, 1.82) is 0 Å². The Morgan fingerprint density at radius 1 is 1.00 bits per heavy atom. The highest BCUT2D eigenvalue weighted by Gasteiger charge is 2.38. The van der Waals surface area contributed by atoms with E-state index in [1.54, 1.807) is 53.1 Å². The van der Waals surface area contributed by atoms with Crippen LogP contribution < -0.4 is 20.5 Å². The molecule has 4 rings (SSSR count). The molecule has 0 aliphatic carbocycles. The van der Waals surface area contributed by atoms with Gasteiger partial charge < -0.3 is 30.4 Å². The van der Waals surface area contributed by atoms with E-state index in [9.17, 15) is 36.3 Å². The van der Waals surface area contributed by atoms with Crippen LogP contribution in [0.1, 0.15) is 31.9 Å². The number of rotatable bonds is 11. The van der Waals surface area contributed by atoms with Crippen LogP contribution in [0.5, 0.6) is 5.75 Å². The molecule has 13 nitrogen and oxygen atoms in total. The molecule has 0 aliphatic rings. The van der Waals surface area contributed by atoms with Crippen LogP contribution in [0, 0.1) is 0 Å². The van der Waals surface area contributed by atoms with Crippen LogP contribution in [0.15, 0.2) is 82.5 Å². The maximum Gasteiger partial charge on any atom is 0.511 e. The second-order valence-electron chi connectivity index (χ2n) is 10.5. The van der Waals surface area contributed by atoms with E-state index in [1.807, 2.05) is 13.8 Å². The number of benzene rings is 3. The number of carbonyl (C=O) groups is 2. The van der Waals surface area contributed by atoms with E-state index >= 15 is 0 Å². The normalized spacial score (nSPS) is 12.6. The minimum Gasteiger partial charge on any atom is -0.475 e. The van der Waals surface area contributed by atoms with Gasteiger partial charge in [-0.15, -0.1) is 0 Å². The summed E-state index contributed by atoms with van der Waals surface area (Å²) in [5, 5.41) is 30.0. The van der Waals surface area contributed by atoms with Crippen molar-refractivity contribution in [2.75, 3.05) is 11.3 Å². The maximum absolute atomic E-state index is 12.6. The SMILES string of the molecule is CC(C)(CCn1c(=O)[nH]c2cc(OC(=O)O)ccc21)NCC(O)c1cccc(NS(=O)(=O)c2ccccc2)c1.O=C(O)C(F)(F)F. The first kappa shape index (κ1) is 35.6. The number of aliphatic hydroxyl groups excluding tert-OH is 1. The fourth-order valence-corrected chi connectivity index (χ4v) is 5.19. The smallest absolute Gasteiger partial charge is 0.475 e. The Morgan fingerprint density at radius 2 is 1.65 bits per heavy atom. The number of aromatic amines is 1. The molecule has 1 atom stereocenters. The zero-order chi connectivity index (χ0) is 34.3. The van der Waals surface area contributed by atoms with Gasteiger partial charge >= 0.3 is 24.0 Å². The maximum atomic E-state index is 12.6. The lowest BCUT2D eigenvalue weighted by Gasteiger charge is -2.28. The van der Waals surface area contributed by atoms with Gasteiger partial charge in [0.15, 0.2) is 0 Å². The second kappa shape index (κ2) is 14.5. The molecule has 0 radical (unpaired) electrons. The molecule has 6 N–H and O–H groups in total. The molecule has 0 spiro atoms. The first-order valence-electron chi connectivity index (χ1n) is 13.4. The highest BCUT2D eigenvalue weighted by Crippen LogP contribution is 2.23. The predicted molar refractivity (Wildman–Crippen MR) is 160 cm³/mol. The van der Waals surface area contributed by atoms with Gasteiger partial charge in [-0.3, -0.25) is 9.29 Å². The summed E-state index contributed by atoms with van der Waals surface area (Å²) in [6.07, 6.45) is -6.89. The van der Waals surface area contributed by atoms with Crippen molar-refractivity contribution in [3.63, 3.8) is 0 Å². The van der Waals surface area contributed by atoms with E-state index in [1.165, 1.54) is 24.3 Å². The second-order valence-corrected chi connectivity index (χ2v) is 12.2. The molecule has 46 heavy (non-hydrogen) atoms. The van der Waals surface area contributed by atoms with Crippen molar-refractivity contribution in [1.82, 2.24) is 14.9 Å². The number of aliphatic hydroxyl groups is 1. The van der Waals surface area contributed by atoms with Crippen LogP contribution in [0.2, 0.25) is 0 Å². The molecule has 1 unspecified atom stereocenters. The lowest BCUT2D eigenvalue weighted by atomic mass is 9.99. The fraction of sp³-hybridized carbons (Fsp3) is 0.276. The van der Waals surface area contributed by atoms with E-state index in [0.717, 1.165) is 0 Å². The summed E-state index contributed by atoms with van der Waals surface area (Å²) >= 11 is 0. The molecule has 17 heteroatoms. The van der Waals surface area contributed by atoms with Gasteiger partial charge in [0.1, 0.15) is 5.75 Å². The Hall–Kier alpha value is -4.87. The third-order valence-corrected chi connectivity index (χ3v) is 7.90. The number of ether oxygens (including phenoxy) is 1. The number of carboxylic acid groups (broad SMARTS) is 2. The highest BCUT2D eigenvalue weighted by molar-refractivity contribution is 7.92. The van der Waals surface area contributed by atoms with Crippen molar-refractivity contribution in [3.8, 4) is 5.75 Å². The molecule has 0 saturated heterocycles.